The highest BCUT2D eigenvalue weighted by Gasteiger charge is 2.28. The normalized spacial score (nSPS) is 18.0. The molecule has 0 aliphatic carbocycles. The standard InChI is InChI=1S/C16H19ClN4O2/c1-2-23-14-6-5-12(17)15(19-14)16(22)21-9-3-4-11(10-21)13-7-8-18-20-13/h5-8,11H,2-4,9-10H2,1H3,(H,18,20)/t11-/m0/s1. The van der Waals surface area contributed by atoms with Crippen molar-refractivity contribution in [3.8, 4) is 5.88 Å². The highest BCUT2D eigenvalue weighted by molar-refractivity contribution is 6.33. The zero-order valence-corrected chi connectivity index (χ0v) is 13.7. The fraction of sp³-hybridized carbons (Fsp3) is 0.438. The maximum absolute atomic E-state index is 12.8. The Hall–Kier alpha value is -2.08. The van der Waals surface area contributed by atoms with Gasteiger partial charge in [0.2, 0.25) is 5.88 Å². The molecule has 7 heteroatoms. The Labute approximate surface area is 139 Å². The molecule has 1 aliphatic heterocycles. The van der Waals surface area contributed by atoms with Crippen LogP contribution in [0.25, 0.3) is 0 Å². The SMILES string of the molecule is CCOc1ccc(Cl)c(C(=O)N2CCC[C@H](c3ccn[nH]3)C2)n1. The van der Waals surface area contributed by atoms with Gasteiger partial charge < -0.3 is 9.64 Å². The van der Waals surface area contributed by atoms with Gasteiger partial charge in [-0.3, -0.25) is 9.89 Å². The van der Waals surface area contributed by atoms with E-state index < -0.39 is 0 Å². The van der Waals surface area contributed by atoms with E-state index in [1.165, 1.54) is 0 Å². The fourth-order valence-corrected chi connectivity index (χ4v) is 3.05. The first kappa shape index (κ1) is 15.8. The lowest BCUT2D eigenvalue weighted by Gasteiger charge is -2.32. The number of carbonyl (C=O) groups is 1. The first-order valence-electron chi connectivity index (χ1n) is 7.77. The Morgan fingerprint density at radius 1 is 1.48 bits per heavy atom. The van der Waals surface area contributed by atoms with Crippen LogP contribution in [0.4, 0.5) is 0 Å². The lowest BCUT2D eigenvalue weighted by atomic mass is 9.94. The van der Waals surface area contributed by atoms with Crippen LogP contribution >= 0.6 is 11.6 Å². The quantitative estimate of drug-likeness (QED) is 0.933. The summed E-state index contributed by atoms with van der Waals surface area (Å²) in [7, 11) is 0. The summed E-state index contributed by atoms with van der Waals surface area (Å²) in [5.74, 6) is 0.534. The van der Waals surface area contributed by atoms with Crippen molar-refractivity contribution in [1.82, 2.24) is 20.1 Å². The number of likely N-dealkylation sites (tertiary alicyclic amines) is 1. The molecule has 3 rings (SSSR count). The number of H-pyrrole nitrogens is 1. The number of ether oxygens (including phenoxy) is 1. The molecule has 0 unspecified atom stereocenters. The molecule has 2 aromatic rings. The van der Waals surface area contributed by atoms with Crippen molar-refractivity contribution >= 4 is 17.5 Å². The van der Waals surface area contributed by atoms with Crippen LogP contribution in [0.15, 0.2) is 24.4 Å². The minimum absolute atomic E-state index is 0.152. The van der Waals surface area contributed by atoms with E-state index >= 15 is 0 Å². The first-order valence-corrected chi connectivity index (χ1v) is 8.14. The summed E-state index contributed by atoms with van der Waals surface area (Å²) in [4.78, 5) is 18.9. The monoisotopic (exact) mass is 334 g/mol. The van der Waals surface area contributed by atoms with Crippen LogP contribution < -0.4 is 4.74 Å². The third-order valence-electron chi connectivity index (χ3n) is 3.99. The van der Waals surface area contributed by atoms with Gasteiger partial charge in [-0.1, -0.05) is 11.6 Å². The summed E-state index contributed by atoms with van der Waals surface area (Å²) >= 11 is 6.16. The van der Waals surface area contributed by atoms with Crippen LogP contribution in [0.5, 0.6) is 5.88 Å². The molecule has 6 nitrogen and oxygen atoms in total. The van der Waals surface area contributed by atoms with Crippen LogP contribution in [-0.2, 0) is 0 Å². The van der Waals surface area contributed by atoms with Gasteiger partial charge in [0.05, 0.1) is 11.6 Å². The number of halogens is 1. The van der Waals surface area contributed by atoms with Crippen LogP contribution in [0.1, 0.15) is 41.9 Å². The van der Waals surface area contributed by atoms with E-state index in [1.54, 1.807) is 23.2 Å². The number of pyridine rings is 1. The highest BCUT2D eigenvalue weighted by atomic mass is 35.5. The number of hydrogen-bond donors (Lipinski definition) is 1. The third kappa shape index (κ3) is 3.47. The lowest BCUT2D eigenvalue weighted by molar-refractivity contribution is 0.0699. The summed E-state index contributed by atoms with van der Waals surface area (Å²) < 4.78 is 5.37. The molecule has 0 bridgehead atoms. The molecule has 2 aromatic heterocycles. The largest absolute Gasteiger partial charge is 0.478 e. The zero-order chi connectivity index (χ0) is 16.2. The summed E-state index contributed by atoms with van der Waals surface area (Å²) in [6.45, 7) is 3.71. The summed E-state index contributed by atoms with van der Waals surface area (Å²) in [6, 6.07) is 5.29. The van der Waals surface area contributed by atoms with E-state index in [4.69, 9.17) is 16.3 Å². The van der Waals surface area contributed by atoms with Crippen molar-refractivity contribution < 1.29 is 9.53 Å². The summed E-state index contributed by atoms with van der Waals surface area (Å²) in [5, 5.41) is 7.34. The smallest absolute Gasteiger partial charge is 0.274 e. The van der Waals surface area contributed by atoms with Crippen molar-refractivity contribution in [2.45, 2.75) is 25.7 Å². The molecular formula is C16H19ClN4O2. The molecule has 23 heavy (non-hydrogen) atoms. The van der Waals surface area contributed by atoms with Crippen LogP contribution in [0, 0.1) is 0 Å². The number of nitrogens with zero attached hydrogens (tertiary/aromatic N) is 3. The van der Waals surface area contributed by atoms with E-state index in [9.17, 15) is 4.79 Å². The average molecular weight is 335 g/mol. The molecule has 1 amide bonds. The molecule has 0 saturated carbocycles. The number of rotatable bonds is 4. The molecule has 0 radical (unpaired) electrons. The van der Waals surface area contributed by atoms with Gasteiger partial charge in [0.25, 0.3) is 5.91 Å². The number of aromatic nitrogens is 3. The van der Waals surface area contributed by atoms with E-state index in [1.807, 2.05) is 13.0 Å². The second-order valence-electron chi connectivity index (χ2n) is 5.52. The first-order chi connectivity index (χ1) is 11.2. The molecule has 1 saturated heterocycles. The van der Waals surface area contributed by atoms with Gasteiger partial charge in [-0.05, 0) is 31.9 Å². The van der Waals surface area contributed by atoms with Crippen molar-refractivity contribution in [2.75, 3.05) is 19.7 Å². The molecule has 1 atom stereocenters. The van der Waals surface area contributed by atoms with Gasteiger partial charge in [0.1, 0.15) is 0 Å². The fourth-order valence-electron chi connectivity index (χ4n) is 2.86. The van der Waals surface area contributed by atoms with Gasteiger partial charge in [0.15, 0.2) is 5.69 Å². The third-order valence-corrected chi connectivity index (χ3v) is 4.29. The molecule has 1 N–H and O–H groups in total. The number of aromatic amines is 1. The number of nitrogens with one attached hydrogen (secondary N) is 1. The molecule has 122 valence electrons. The maximum Gasteiger partial charge on any atom is 0.274 e. The van der Waals surface area contributed by atoms with E-state index in [2.05, 4.69) is 15.2 Å². The highest BCUT2D eigenvalue weighted by Crippen LogP contribution is 2.27. The van der Waals surface area contributed by atoms with Gasteiger partial charge >= 0.3 is 0 Å². The summed E-state index contributed by atoms with van der Waals surface area (Å²) in [6.07, 6.45) is 3.71. The Morgan fingerprint density at radius 3 is 3.09 bits per heavy atom. The van der Waals surface area contributed by atoms with Gasteiger partial charge in [0, 0.05) is 37.0 Å². The minimum Gasteiger partial charge on any atom is -0.478 e. The van der Waals surface area contributed by atoms with Gasteiger partial charge in [-0.15, -0.1) is 0 Å². The van der Waals surface area contributed by atoms with Crippen molar-refractivity contribution in [2.24, 2.45) is 0 Å². The number of amides is 1. The van der Waals surface area contributed by atoms with Crippen LogP contribution in [-0.4, -0.2) is 45.7 Å². The minimum atomic E-state index is -0.152. The molecule has 0 spiro atoms. The van der Waals surface area contributed by atoms with Crippen LogP contribution in [0.2, 0.25) is 5.02 Å². The Balaban J connectivity index is 1.78. The second-order valence-corrected chi connectivity index (χ2v) is 5.92. The predicted molar refractivity (Wildman–Crippen MR) is 86.9 cm³/mol. The maximum atomic E-state index is 12.8. The van der Waals surface area contributed by atoms with Gasteiger partial charge in [-0.25, -0.2) is 4.98 Å². The topological polar surface area (TPSA) is 71.1 Å². The number of carbonyl (C=O) groups excluding carboxylic acids is 1. The Morgan fingerprint density at radius 2 is 2.35 bits per heavy atom. The van der Waals surface area contributed by atoms with Crippen molar-refractivity contribution in [3.63, 3.8) is 0 Å². The molecule has 1 fully saturated rings. The van der Waals surface area contributed by atoms with Gasteiger partial charge in [-0.2, -0.15) is 5.10 Å². The second kappa shape index (κ2) is 7.00. The van der Waals surface area contributed by atoms with Crippen LogP contribution in [0.3, 0.4) is 0 Å². The predicted octanol–water partition coefficient (Wildman–Crippen LogP) is 2.88. The van der Waals surface area contributed by atoms with E-state index in [-0.39, 0.29) is 17.5 Å². The summed E-state index contributed by atoms with van der Waals surface area (Å²) in [5.41, 5.74) is 1.31. The van der Waals surface area contributed by atoms with Crippen molar-refractivity contribution in [3.05, 3.63) is 40.8 Å². The number of hydrogen-bond acceptors (Lipinski definition) is 4. The Bertz CT molecular complexity index is 675. The van der Waals surface area contributed by atoms with E-state index in [0.717, 1.165) is 18.5 Å². The van der Waals surface area contributed by atoms with E-state index in [0.29, 0.717) is 30.6 Å². The zero-order valence-electron chi connectivity index (χ0n) is 13.0. The molecule has 0 aromatic carbocycles. The average Bonchev–Trinajstić information content (AvgIpc) is 3.11. The molecular weight excluding hydrogens is 316 g/mol. The lowest BCUT2D eigenvalue weighted by Crippen LogP contribution is -2.39. The molecule has 3 heterocycles. The van der Waals surface area contributed by atoms with Crippen molar-refractivity contribution in [1.29, 1.82) is 0 Å². The Kier molecular flexibility index (Phi) is 4.81. The molecule has 1 aliphatic rings. The number of piperidine rings is 1.